The van der Waals surface area contributed by atoms with Gasteiger partial charge in [-0.25, -0.2) is 0 Å². The predicted octanol–water partition coefficient (Wildman–Crippen LogP) is 3.17. The maximum absolute atomic E-state index is 12.9. The molecule has 1 atom stereocenters. The first-order chi connectivity index (χ1) is 11.8. The lowest BCUT2D eigenvalue weighted by Gasteiger charge is -2.28. The minimum Gasteiger partial charge on any atom is -0.497 e. The summed E-state index contributed by atoms with van der Waals surface area (Å²) in [7, 11) is 1.65. The molecule has 3 rings (SSSR count). The molecule has 1 aromatic heterocycles. The zero-order chi connectivity index (χ0) is 16.8. The van der Waals surface area contributed by atoms with Crippen LogP contribution in [0.4, 0.5) is 0 Å². The first-order valence-corrected chi connectivity index (χ1v) is 9.32. The number of benzene rings is 1. The van der Waals surface area contributed by atoms with Gasteiger partial charge in [0.15, 0.2) is 0 Å². The van der Waals surface area contributed by atoms with Crippen LogP contribution < -0.4 is 4.74 Å². The second-order valence-electron chi connectivity index (χ2n) is 5.88. The van der Waals surface area contributed by atoms with Crippen molar-refractivity contribution in [3.63, 3.8) is 0 Å². The number of amides is 1. The maximum Gasteiger partial charge on any atom is 0.227 e. The fourth-order valence-corrected chi connectivity index (χ4v) is 4.10. The number of aromatic nitrogens is 1. The average Bonchev–Trinajstić information content (AvgIpc) is 3.15. The fraction of sp³-hybridized carbons (Fsp3) is 0.368. The van der Waals surface area contributed by atoms with Crippen LogP contribution in [0.25, 0.3) is 0 Å². The quantitative estimate of drug-likeness (QED) is 0.809. The molecular weight excluding hydrogens is 320 g/mol. The summed E-state index contributed by atoms with van der Waals surface area (Å²) in [6.45, 7) is 0.584. The number of pyridine rings is 1. The van der Waals surface area contributed by atoms with E-state index in [0.29, 0.717) is 19.0 Å². The Hall–Kier alpha value is -2.01. The maximum atomic E-state index is 12.9. The van der Waals surface area contributed by atoms with Crippen LogP contribution in [-0.2, 0) is 17.8 Å². The highest BCUT2D eigenvalue weighted by Crippen LogP contribution is 2.24. The molecule has 24 heavy (non-hydrogen) atoms. The number of carbonyl (C=O) groups excluding carboxylic acids is 1. The fourth-order valence-electron chi connectivity index (χ4n) is 2.87. The summed E-state index contributed by atoms with van der Waals surface area (Å²) in [5.41, 5.74) is 1.95. The lowest BCUT2D eigenvalue weighted by Crippen LogP contribution is -2.41. The van der Waals surface area contributed by atoms with E-state index in [4.69, 9.17) is 4.74 Å². The highest BCUT2D eigenvalue weighted by atomic mass is 32.2. The monoisotopic (exact) mass is 342 g/mol. The molecule has 0 N–H and O–H groups in total. The second kappa shape index (κ2) is 8.20. The van der Waals surface area contributed by atoms with E-state index >= 15 is 0 Å². The standard InChI is InChI=1S/C19H22N2O2S/c1-23-18-7-5-15(6-8-18)12-19(22)21(17-9-11-24-14-17)13-16-4-2-3-10-20-16/h2-8,10,17H,9,11-14H2,1H3. The first-order valence-electron chi connectivity index (χ1n) is 8.16. The van der Waals surface area contributed by atoms with Crippen LogP contribution in [0.3, 0.4) is 0 Å². The first kappa shape index (κ1) is 16.8. The van der Waals surface area contributed by atoms with Crippen LogP contribution in [0.1, 0.15) is 17.7 Å². The van der Waals surface area contributed by atoms with E-state index in [2.05, 4.69) is 4.98 Å². The minimum absolute atomic E-state index is 0.165. The van der Waals surface area contributed by atoms with Crippen molar-refractivity contribution in [2.24, 2.45) is 0 Å². The summed E-state index contributed by atoms with van der Waals surface area (Å²) in [5, 5.41) is 0. The molecule has 126 valence electrons. The van der Waals surface area contributed by atoms with Crippen LogP contribution in [0.15, 0.2) is 48.7 Å². The summed E-state index contributed by atoms with van der Waals surface area (Å²) in [6, 6.07) is 13.9. The molecule has 1 aromatic carbocycles. The van der Waals surface area contributed by atoms with E-state index in [1.165, 1.54) is 0 Å². The van der Waals surface area contributed by atoms with Crippen molar-refractivity contribution in [1.29, 1.82) is 0 Å². The molecule has 1 fully saturated rings. The van der Waals surface area contributed by atoms with Crippen molar-refractivity contribution in [2.75, 3.05) is 18.6 Å². The molecular formula is C19H22N2O2S. The van der Waals surface area contributed by atoms with Crippen molar-refractivity contribution in [1.82, 2.24) is 9.88 Å². The van der Waals surface area contributed by atoms with Gasteiger partial charge >= 0.3 is 0 Å². The van der Waals surface area contributed by atoms with Crippen molar-refractivity contribution in [3.8, 4) is 5.75 Å². The molecule has 0 saturated carbocycles. The molecule has 1 unspecified atom stereocenters. The van der Waals surface area contributed by atoms with Gasteiger partial charge in [-0.1, -0.05) is 18.2 Å². The molecule has 5 heteroatoms. The number of hydrogen-bond donors (Lipinski definition) is 0. The van der Waals surface area contributed by atoms with E-state index < -0.39 is 0 Å². The van der Waals surface area contributed by atoms with E-state index in [9.17, 15) is 4.79 Å². The number of hydrogen-bond acceptors (Lipinski definition) is 4. The Morgan fingerprint density at radius 1 is 1.29 bits per heavy atom. The van der Waals surface area contributed by atoms with Gasteiger partial charge in [0.1, 0.15) is 5.75 Å². The molecule has 1 aliphatic heterocycles. The third kappa shape index (κ3) is 4.29. The molecule has 0 aliphatic carbocycles. The van der Waals surface area contributed by atoms with Crippen molar-refractivity contribution >= 4 is 17.7 Å². The molecule has 0 bridgehead atoms. The van der Waals surface area contributed by atoms with Gasteiger partial charge in [0.2, 0.25) is 5.91 Å². The molecule has 1 aliphatic rings. The third-order valence-corrected chi connectivity index (χ3v) is 5.38. The van der Waals surface area contributed by atoms with E-state index in [-0.39, 0.29) is 5.91 Å². The molecule has 1 saturated heterocycles. The zero-order valence-corrected chi connectivity index (χ0v) is 14.7. The van der Waals surface area contributed by atoms with Crippen molar-refractivity contribution < 1.29 is 9.53 Å². The predicted molar refractivity (Wildman–Crippen MR) is 97.2 cm³/mol. The van der Waals surface area contributed by atoms with Gasteiger partial charge in [-0.2, -0.15) is 11.8 Å². The van der Waals surface area contributed by atoms with Gasteiger partial charge in [-0.15, -0.1) is 0 Å². The van der Waals surface area contributed by atoms with Crippen LogP contribution in [0, 0.1) is 0 Å². The molecule has 0 radical (unpaired) electrons. The molecule has 0 spiro atoms. The Morgan fingerprint density at radius 2 is 2.12 bits per heavy atom. The van der Waals surface area contributed by atoms with Crippen LogP contribution in [0.2, 0.25) is 0 Å². The highest BCUT2D eigenvalue weighted by molar-refractivity contribution is 7.99. The van der Waals surface area contributed by atoms with Crippen molar-refractivity contribution in [2.45, 2.75) is 25.4 Å². The van der Waals surface area contributed by atoms with Gasteiger partial charge < -0.3 is 9.64 Å². The van der Waals surface area contributed by atoms with Crippen LogP contribution >= 0.6 is 11.8 Å². The number of methoxy groups -OCH3 is 1. The second-order valence-corrected chi connectivity index (χ2v) is 7.03. The number of thioether (sulfide) groups is 1. The normalized spacial score (nSPS) is 16.8. The van der Waals surface area contributed by atoms with Crippen LogP contribution in [-0.4, -0.2) is 40.4 Å². The topological polar surface area (TPSA) is 42.4 Å². The van der Waals surface area contributed by atoms with Gasteiger partial charge in [0.05, 0.1) is 25.8 Å². The molecule has 2 aromatic rings. The molecule has 4 nitrogen and oxygen atoms in total. The smallest absolute Gasteiger partial charge is 0.227 e. The van der Waals surface area contributed by atoms with Crippen molar-refractivity contribution in [3.05, 3.63) is 59.9 Å². The summed E-state index contributed by atoms with van der Waals surface area (Å²) in [5.74, 6) is 3.11. The van der Waals surface area contributed by atoms with Gasteiger partial charge in [-0.3, -0.25) is 9.78 Å². The van der Waals surface area contributed by atoms with Crippen LogP contribution in [0.5, 0.6) is 5.75 Å². The molecule has 1 amide bonds. The van der Waals surface area contributed by atoms with Gasteiger partial charge in [0, 0.05) is 18.0 Å². The Kier molecular flexibility index (Phi) is 5.75. The Balaban J connectivity index is 1.72. The summed E-state index contributed by atoms with van der Waals surface area (Å²) >= 11 is 1.92. The van der Waals surface area contributed by atoms with E-state index in [0.717, 1.165) is 34.9 Å². The minimum atomic E-state index is 0.165. The Bertz CT molecular complexity index is 655. The summed E-state index contributed by atoms with van der Waals surface area (Å²) in [4.78, 5) is 19.3. The molecule has 2 heterocycles. The lowest BCUT2D eigenvalue weighted by molar-refractivity contribution is -0.133. The van der Waals surface area contributed by atoms with E-state index in [1.54, 1.807) is 13.3 Å². The lowest BCUT2D eigenvalue weighted by atomic mass is 10.1. The number of nitrogens with zero attached hydrogens (tertiary/aromatic N) is 2. The SMILES string of the molecule is COc1ccc(CC(=O)N(Cc2ccccn2)C2CCSC2)cc1. The number of carbonyl (C=O) groups is 1. The van der Waals surface area contributed by atoms with Gasteiger partial charge in [0.25, 0.3) is 0 Å². The third-order valence-electron chi connectivity index (χ3n) is 4.24. The average molecular weight is 342 g/mol. The number of rotatable bonds is 6. The largest absolute Gasteiger partial charge is 0.497 e. The Labute approximate surface area is 147 Å². The highest BCUT2D eigenvalue weighted by Gasteiger charge is 2.27. The van der Waals surface area contributed by atoms with E-state index in [1.807, 2.05) is 59.1 Å². The Morgan fingerprint density at radius 3 is 2.75 bits per heavy atom. The summed E-state index contributed by atoms with van der Waals surface area (Å²) in [6.07, 6.45) is 3.26. The summed E-state index contributed by atoms with van der Waals surface area (Å²) < 4.78 is 5.18. The number of ether oxygens (including phenoxy) is 1. The zero-order valence-electron chi connectivity index (χ0n) is 13.9. The van der Waals surface area contributed by atoms with Gasteiger partial charge in [-0.05, 0) is 42.0 Å².